The van der Waals surface area contributed by atoms with E-state index in [4.69, 9.17) is 13.9 Å². The number of aromatic hydroxyl groups is 1. The molecule has 1 amide bonds. The number of aliphatic hydroxyl groups is 1. The number of ether oxygens (including phenoxy) is 2. The molecule has 1 fully saturated rings. The van der Waals surface area contributed by atoms with E-state index in [2.05, 4.69) is 61.2 Å². The number of esters is 1. The first-order valence-corrected chi connectivity index (χ1v) is 27.8. The van der Waals surface area contributed by atoms with Crippen molar-refractivity contribution >= 4 is 36.9 Å². The molecule has 6 aromatic rings. The molecule has 1 aliphatic heterocycles. The van der Waals surface area contributed by atoms with E-state index < -0.39 is 19.9 Å². The van der Waals surface area contributed by atoms with Crippen LogP contribution in [0, 0.1) is 5.92 Å². The molecule has 1 aromatic heterocycles. The van der Waals surface area contributed by atoms with E-state index >= 15 is 0 Å². The number of hydrogen-bond donors (Lipinski definition) is 4. The SMILES string of the molecule is CC(C)(C)[Si](C)(C)O[C@@H](CCCc1ccc(C(=O)NCCCC(=O)COc2cccc([C@](O)(C(=O)OCC3CCN(Cc4ccccc4)CC3)c3ccccc3)c2)cc1)c1ccc(O)c2[nH]c(=O)ccc12. The predicted octanol–water partition coefficient (Wildman–Crippen LogP) is 10.2. The van der Waals surface area contributed by atoms with E-state index in [0.717, 1.165) is 61.8 Å². The molecule has 1 aliphatic rings. The minimum Gasteiger partial charge on any atom is -0.506 e. The molecule has 5 aromatic carbocycles. The number of aryl methyl sites for hydroxylation is 1. The Bertz CT molecular complexity index is 2790. The Labute approximate surface area is 418 Å². The highest BCUT2D eigenvalue weighted by Crippen LogP contribution is 2.43. The zero-order chi connectivity index (χ0) is 50.6. The van der Waals surface area contributed by atoms with Crippen molar-refractivity contribution in [2.45, 2.75) is 102 Å². The minimum absolute atomic E-state index is 0.0171. The van der Waals surface area contributed by atoms with Gasteiger partial charge in [0.15, 0.2) is 14.1 Å². The van der Waals surface area contributed by atoms with Crippen molar-refractivity contribution in [1.29, 1.82) is 0 Å². The van der Waals surface area contributed by atoms with Gasteiger partial charge in [-0.05, 0) is 134 Å². The number of nitrogens with one attached hydrogen (secondary N) is 2. The number of phenolic OH excluding ortho intramolecular Hbond substituents is 1. The Hall–Kier alpha value is -6.38. The number of aromatic nitrogens is 1. The van der Waals surface area contributed by atoms with Gasteiger partial charge in [-0.2, -0.15) is 0 Å². The van der Waals surface area contributed by atoms with Crippen LogP contribution in [0.15, 0.2) is 138 Å². The van der Waals surface area contributed by atoms with Gasteiger partial charge >= 0.3 is 5.97 Å². The van der Waals surface area contributed by atoms with Crippen LogP contribution in [0.25, 0.3) is 10.9 Å². The Morgan fingerprint density at radius 2 is 1.51 bits per heavy atom. The number of Topliss-reactive ketones (excluding diaryl/α,β-unsaturated/α-hetero) is 1. The standard InChI is InChI=1S/C58H69N3O9Si/c1-57(2,3)71(4,5)70-52(49-28-30-51(63)54-50(49)29-31-53(64)60-54)23-12-17-41-24-26-44(27-25-41)55(65)59-34-14-21-47(62)40-68-48-22-13-20-46(37-48)58(67,45-18-10-7-11-19-45)56(66)69-39-43-32-35-61(36-33-43)38-42-15-8-6-9-16-42/h6-11,13,15-16,18-20,22,24-31,37,43,52,63,67H,12,14,17,21,23,32-36,38-40H2,1-5H3,(H,59,65)(H,60,64)/t52-,58-/m0/s1. The van der Waals surface area contributed by atoms with Crippen molar-refractivity contribution in [2.75, 3.05) is 32.8 Å². The number of likely N-dealkylation sites (tertiary alicyclic amines) is 1. The van der Waals surface area contributed by atoms with E-state index in [1.165, 1.54) is 11.6 Å². The number of benzene rings is 5. The third kappa shape index (κ3) is 13.7. The second-order valence-electron chi connectivity index (χ2n) is 20.3. The lowest BCUT2D eigenvalue weighted by atomic mass is 9.86. The zero-order valence-corrected chi connectivity index (χ0v) is 42.7. The average Bonchev–Trinajstić information content (AvgIpc) is 3.37. The highest BCUT2D eigenvalue weighted by Gasteiger charge is 2.43. The molecule has 1 saturated heterocycles. The van der Waals surface area contributed by atoms with Crippen molar-refractivity contribution in [2.24, 2.45) is 5.92 Å². The molecule has 0 bridgehead atoms. The molecule has 4 N–H and O–H groups in total. The molecular formula is C58H69N3O9Si. The Morgan fingerprint density at radius 3 is 2.21 bits per heavy atom. The fraction of sp³-hybridized carbons (Fsp3) is 0.379. The number of H-pyrrole nitrogens is 1. The summed E-state index contributed by atoms with van der Waals surface area (Å²) in [6.07, 6.45) is 4.40. The first kappa shape index (κ1) is 52.4. The summed E-state index contributed by atoms with van der Waals surface area (Å²) in [6, 6.07) is 39.9. The number of ketones is 1. The summed E-state index contributed by atoms with van der Waals surface area (Å²) >= 11 is 0. The number of fused-ring (bicyclic) bond motifs is 1. The quantitative estimate of drug-likeness (QED) is 0.0292. The lowest BCUT2D eigenvalue weighted by Crippen LogP contribution is -2.41. The van der Waals surface area contributed by atoms with Gasteiger partial charge in [-0.15, -0.1) is 0 Å². The predicted molar refractivity (Wildman–Crippen MR) is 280 cm³/mol. The van der Waals surface area contributed by atoms with Crippen LogP contribution in [-0.4, -0.2) is 78.9 Å². The Balaban J connectivity index is 0.861. The van der Waals surface area contributed by atoms with Crippen LogP contribution >= 0.6 is 0 Å². The van der Waals surface area contributed by atoms with Gasteiger partial charge in [0, 0.05) is 42.1 Å². The largest absolute Gasteiger partial charge is 0.506 e. The smallest absolute Gasteiger partial charge is 0.347 e. The maximum absolute atomic E-state index is 13.9. The van der Waals surface area contributed by atoms with E-state index in [0.29, 0.717) is 41.8 Å². The Morgan fingerprint density at radius 1 is 0.817 bits per heavy atom. The molecule has 0 aliphatic carbocycles. The number of carbonyl (C=O) groups excluding carboxylic acids is 3. The molecule has 13 heteroatoms. The van der Waals surface area contributed by atoms with Crippen LogP contribution in [0.5, 0.6) is 11.5 Å². The summed E-state index contributed by atoms with van der Waals surface area (Å²) in [5, 5.41) is 26.4. The van der Waals surface area contributed by atoms with Crippen LogP contribution in [-0.2, 0) is 37.3 Å². The van der Waals surface area contributed by atoms with Gasteiger partial charge < -0.3 is 34.4 Å². The molecule has 12 nitrogen and oxygen atoms in total. The third-order valence-corrected chi connectivity index (χ3v) is 18.6. The van der Waals surface area contributed by atoms with Crippen molar-refractivity contribution in [1.82, 2.24) is 15.2 Å². The van der Waals surface area contributed by atoms with Gasteiger partial charge in [-0.1, -0.05) is 112 Å². The fourth-order valence-corrected chi connectivity index (χ4v) is 10.1. The maximum Gasteiger partial charge on any atom is 0.347 e. The minimum atomic E-state index is -2.21. The van der Waals surface area contributed by atoms with Crippen molar-refractivity contribution in [3.8, 4) is 11.5 Å². The van der Waals surface area contributed by atoms with E-state index in [9.17, 15) is 29.4 Å². The van der Waals surface area contributed by atoms with Gasteiger partial charge in [0.05, 0.1) is 18.2 Å². The molecule has 0 saturated carbocycles. The first-order chi connectivity index (χ1) is 34.0. The maximum atomic E-state index is 13.9. The number of nitrogens with zero attached hydrogens (tertiary/aromatic N) is 1. The van der Waals surface area contributed by atoms with Gasteiger partial charge in [0.1, 0.15) is 18.1 Å². The summed E-state index contributed by atoms with van der Waals surface area (Å²) in [7, 11) is -2.21. The lowest BCUT2D eigenvalue weighted by molar-refractivity contribution is -0.164. The summed E-state index contributed by atoms with van der Waals surface area (Å²) in [4.78, 5) is 57.2. The van der Waals surface area contributed by atoms with Gasteiger partial charge in [0.2, 0.25) is 11.2 Å². The van der Waals surface area contributed by atoms with Crippen molar-refractivity contribution in [3.05, 3.63) is 177 Å². The van der Waals surface area contributed by atoms with Crippen molar-refractivity contribution in [3.63, 3.8) is 0 Å². The zero-order valence-electron chi connectivity index (χ0n) is 41.7. The molecule has 2 atom stereocenters. The van der Waals surface area contributed by atoms with Crippen LogP contribution in [0.4, 0.5) is 0 Å². The second kappa shape index (κ2) is 23.7. The number of hydrogen-bond acceptors (Lipinski definition) is 10. The highest BCUT2D eigenvalue weighted by molar-refractivity contribution is 6.74. The van der Waals surface area contributed by atoms with E-state index in [1.54, 1.807) is 72.8 Å². The molecule has 71 heavy (non-hydrogen) atoms. The molecule has 0 radical (unpaired) electrons. The summed E-state index contributed by atoms with van der Waals surface area (Å²) < 4.78 is 18.7. The lowest BCUT2D eigenvalue weighted by Gasteiger charge is -2.39. The van der Waals surface area contributed by atoms with Gasteiger partial charge in [-0.25, -0.2) is 4.79 Å². The normalized spacial score (nSPS) is 14.9. The molecule has 2 heterocycles. The molecule has 7 rings (SSSR count). The molecule has 0 spiro atoms. The second-order valence-corrected chi connectivity index (χ2v) is 25.1. The van der Waals surface area contributed by atoms with E-state index in [1.807, 2.05) is 42.5 Å². The number of amides is 1. The van der Waals surface area contributed by atoms with Gasteiger partial charge in [-0.3, -0.25) is 19.3 Å². The summed E-state index contributed by atoms with van der Waals surface area (Å²) in [5.41, 5.74) is 2.45. The Kier molecular flexibility index (Phi) is 17.5. The highest BCUT2D eigenvalue weighted by atomic mass is 28.4. The first-order valence-electron chi connectivity index (χ1n) is 24.9. The third-order valence-electron chi connectivity index (χ3n) is 14.1. The topological polar surface area (TPSA) is 167 Å². The van der Waals surface area contributed by atoms with Crippen LogP contribution < -0.4 is 15.6 Å². The molecule has 0 unspecified atom stereocenters. The fourth-order valence-electron chi connectivity index (χ4n) is 8.83. The van der Waals surface area contributed by atoms with E-state index in [-0.39, 0.29) is 65.3 Å². The average molecular weight is 980 g/mol. The van der Waals surface area contributed by atoms with Crippen molar-refractivity contribution < 1.29 is 38.5 Å². The van der Waals surface area contributed by atoms with Crippen LogP contribution in [0.1, 0.15) is 104 Å². The number of phenols is 1. The molecular weight excluding hydrogens is 911 g/mol. The molecule has 374 valence electrons. The number of pyridine rings is 1. The monoisotopic (exact) mass is 979 g/mol. The summed E-state index contributed by atoms with van der Waals surface area (Å²) in [6.45, 7) is 14.0. The van der Waals surface area contributed by atoms with Crippen LogP contribution in [0.3, 0.4) is 0 Å². The van der Waals surface area contributed by atoms with Gasteiger partial charge in [0.25, 0.3) is 5.91 Å². The summed E-state index contributed by atoms with van der Waals surface area (Å²) in [5.74, 6) is -0.637. The number of aromatic amines is 1. The number of carbonyl (C=O) groups is 3. The number of rotatable bonds is 22. The van der Waals surface area contributed by atoms with Crippen LogP contribution in [0.2, 0.25) is 18.1 Å². The number of piperidine rings is 1.